The van der Waals surface area contributed by atoms with Crippen LogP contribution in [0.5, 0.6) is 5.75 Å². The maximum atomic E-state index is 5.92. The van der Waals surface area contributed by atoms with Crippen molar-refractivity contribution in [3.05, 3.63) is 29.8 Å². The second kappa shape index (κ2) is 7.31. The highest BCUT2D eigenvalue weighted by Crippen LogP contribution is 2.36. The molecule has 0 saturated carbocycles. The maximum Gasteiger partial charge on any atom is 0.119 e. The summed E-state index contributed by atoms with van der Waals surface area (Å²) in [4.78, 5) is 0. The van der Waals surface area contributed by atoms with Crippen LogP contribution in [0.1, 0.15) is 60.5 Å². The van der Waals surface area contributed by atoms with Crippen LogP contribution < -0.4 is 10.1 Å². The Hall–Kier alpha value is -1.02. The van der Waals surface area contributed by atoms with Gasteiger partial charge in [-0.1, -0.05) is 53.7 Å². The van der Waals surface area contributed by atoms with Crippen molar-refractivity contribution in [1.82, 2.24) is 5.32 Å². The lowest BCUT2D eigenvalue weighted by molar-refractivity contribution is 0.218. The molecule has 1 N–H and O–H groups in total. The van der Waals surface area contributed by atoms with E-state index in [2.05, 4.69) is 78.0 Å². The average molecular weight is 291 g/mol. The van der Waals surface area contributed by atoms with E-state index in [1.54, 1.807) is 0 Å². The van der Waals surface area contributed by atoms with E-state index in [0.717, 1.165) is 25.3 Å². The molecule has 0 fully saturated rings. The molecule has 2 heteroatoms. The maximum absolute atomic E-state index is 5.92. The molecule has 0 amide bonds. The van der Waals surface area contributed by atoms with Crippen molar-refractivity contribution < 1.29 is 4.74 Å². The largest absolute Gasteiger partial charge is 0.489 e. The van der Waals surface area contributed by atoms with Crippen molar-refractivity contribution in [1.29, 1.82) is 0 Å². The summed E-state index contributed by atoms with van der Waals surface area (Å²) in [6.07, 6.45) is 1.36. The minimum Gasteiger partial charge on any atom is -0.489 e. The minimum atomic E-state index is 0.187. The first-order valence-corrected chi connectivity index (χ1v) is 8.12. The Morgan fingerprint density at radius 2 is 1.62 bits per heavy atom. The summed E-state index contributed by atoms with van der Waals surface area (Å²) in [6.45, 7) is 17.6. The molecule has 0 aliphatic heterocycles. The number of nitrogens with one attached hydrogen (secondary N) is 1. The Labute approximate surface area is 131 Å². The molecule has 1 aromatic rings. The molecule has 21 heavy (non-hydrogen) atoms. The molecular formula is C19H33NO. The normalized spacial score (nSPS) is 14.0. The van der Waals surface area contributed by atoms with Gasteiger partial charge in [0.15, 0.2) is 0 Å². The van der Waals surface area contributed by atoms with Crippen molar-refractivity contribution in [3.8, 4) is 5.75 Å². The molecule has 1 aromatic carbocycles. The summed E-state index contributed by atoms with van der Waals surface area (Å²) >= 11 is 0. The molecule has 0 aliphatic carbocycles. The third-order valence-electron chi connectivity index (χ3n) is 3.63. The zero-order valence-electron chi connectivity index (χ0n) is 14.9. The predicted molar refractivity (Wildman–Crippen MR) is 92.2 cm³/mol. The van der Waals surface area contributed by atoms with Gasteiger partial charge in [-0.2, -0.15) is 0 Å². The van der Waals surface area contributed by atoms with Crippen molar-refractivity contribution >= 4 is 0 Å². The summed E-state index contributed by atoms with van der Waals surface area (Å²) in [6, 6.07) is 8.62. The molecule has 1 unspecified atom stereocenters. The van der Waals surface area contributed by atoms with Crippen molar-refractivity contribution in [2.24, 2.45) is 5.41 Å². The number of rotatable bonds is 7. The smallest absolute Gasteiger partial charge is 0.119 e. The Balaban J connectivity index is 2.69. The fourth-order valence-electron chi connectivity index (χ4n) is 3.03. The summed E-state index contributed by atoms with van der Waals surface area (Å²) in [5, 5.41) is 3.30. The Morgan fingerprint density at radius 1 is 1.05 bits per heavy atom. The van der Waals surface area contributed by atoms with Crippen molar-refractivity contribution in [3.63, 3.8) is 0 Å². The first-order valence-electron chi connectivity index (χ1n) is 8.12. The summed E-state index contributed by atoms with van der Waals surface area (Å²) in [7, 11) is 0. The molecule has 1 atom stereocenters. The molecule has 0 aliphatic rings. The van der Waals surface area contributed by atoms with Gasteiger partial charge in [-0.05, 0) is 48.4 Å². The number of likely N-dealkylation sites (N-methyl/N-ethyl adjacent to an activating group) is 1. The molecule has 2 nitrogen and oxygen atoms in total. The van der Waals surface area contributed by atoms with E-state index >= 15 is 0 Å². The van der Waals surface area contributed by atoms with E-state index < -0.39 is 0 Å². The van der Waals surface area contributed by atoms with Crippen LogP contribution in [0.4, 0.5) is 0 Å². The van der Waals surface area contributed by atoms with Gasteiger partial charge in [0.05, 0.1) is 0 Å². The lowest BCUT2D eigenvalue weighted by atomic mass is 9.72. The highest BCUT2D eigenvalue weighted by Gasteiger charge is 2.27. The van der Waals surface area contributed by atoms with Gasteiger partial charge in [0, 0.05) is 6.54 Å². The monoisotopic (exact) mass is 291 g/mol. The van der Waals surface area contributed by atoms with Gasteiger partial charge >= 0.3 is 0 Å². The van der Waals surface area contributed by atoms with Crippen LogP contribution in [0.25, 0.3) is 0 Å². The van der Waals surface area contributed by atoms with Gasteiger partial charge < -0.3 is 10.1 Å². The lowest BCUT2D eigenvalue weighted by Crippen LogP contribution is -2.28. The number of ether oxygens (including phenoxy) is 1. The van der Waals surface area contributed by atoms with Crippen LogP contribution in [-0.4, -0.2) is 19.2 Å². The van der Waals surface area contributed by atoms with E-state index in [1.165, 1.54) is 5.56 Å². The van der Waals surface area contributed by atoms with Crippen LogP contribution >= 0.6 is 0 Å². The van der Waals surface area contributed by atoms with Gasteiger partial charge in [0.25, 0.3) is 0 Å². The fraction of sp³-hybridized carbons (Fsp3) is 0.684. The first kappa shape index (κ1) is 18.0. The summed E-state index contributed by atoms with van der Waals surface area (Å²) in [5.74, 6) is 0.954. The van der Waals surface area contributed by atoms with Crippen LogP contribution in [0.2, 0.25) is 0 Å². The second-order valence-corrected chi connectivity index (χ2v) is 7.88. The summed E-state index contributed by atoms with van der Waals surface area (Å²) in [5.41, 5.74) is 1.90. The van der Waals surface area contributed by atoms with Gasteiger partial charge in [-0.25, -0.2) is 0 Å². The third kappa shape index (κ3) is 6.52. The highest BCUT2D eigenvalue weighted by atomic mass is 16.5. The standard InChI is InChI=1S/C19H33NO/c1-8-20-13-15(2)21-17-11-9-16(10-12-17)19(6,7)14-18(3,4)5/h9-12,15,20H,8,13-14H2,1-7H3. The topological polar surface area (TPSA) is 21.3 Å². The SMILES string of the molecule is CCNCC(C)Oc1ccc(C(C)(C)CC(C)(C)C)cc1. The Bertz CT molecular complexity index is 414. The highest BCUT2D eigenvalue weighted by molar-refractivity contribution is 5.32. The van der Waals surface area contributed by atoms with Crippen LogP contribution in [0.15, 0.2) is 24.3 Å². The summed E-state index contributed by atoms with van der Waals surface area (Å²) < 4.78 is 5.92. The van der Waals surface area contributed by atoms with Gasteiger partial charge in [0.2, 0.25) is 0 Å². The molecular weight excluding hydrogens is 258 g/mol. The van der Waals surface area contributed by atoms with Crippen molar-refractivity contribution in [2.75, 3.05) is 13.1 Å². The van der Waals surface area contributed by atoms with E-state index in [9.17, 15) is 0 Å². The van der Waals surface area contributed by atoms with E-state index in [0.29, 0.717) is 5.41 Å². The number of hydrogen-bond acceptors (Lipinski definition) is 2. The molecule has 0 spiro atoms. The van der Waals surface area contributed by atoms with Crippen LogP contribution in [0.3, 0.4) is 0 Å². The zero-order chi connectivity index (χ0) is 16.1. The lowest BCUT2D eigenvalue weighted by Gasteiger charge is -2.33. The number of benzene rings is 1. The molecule has 0 saturated heterocycles. The number of hydrogen-bond donors (Lipinski definition) is 1. The Morgan fingerprint density at radius 3 is 2.10 bits per heavy atom. The Kier molecular flexibility index (Phi) is 6.27. The van der Waals surface area contributed by atoms with Gasteiger partial charge in [-0.3, -0.25) is 0 Å². The second-order valence-electron chi connectivity index (χ2n) is 7.88. The van der Waals surface area contributed by atoms with Crippen LogP contribution in [0, 0.1) is 5.41 Å². The van der Waals surface area contributed by atoms with Crippen LogP contribution in [-0.2, 0) is 5.41 Å². The minimum absolute atomic E-state index is 0.187. The fourth-order valence-corrected chi connectivity index (χ4v) is 3.03. The molecule has 0 aromatic heterocycles. The molecule has 0 radical (unpaired) electrons. The molecule has 0 bridgehead atoms. The van der Waals surface area contributed by atoms with E-state index in [1.807, 2.05) is 0 Å². The molecule has 0 heterocycles. The average Bonchev–Trinajstić information content (AvgIpc) is 2.34. The molecule has 1 rings (SSSR count). The van der Waals surface area contributed by atoms with E-state index in [4.69, 9.17) is 4.74 Å². The first-order chi connectivity index (χ1) is 9.64. The van der Waals surface area contributed by atoms with E-state index in [-0.39, 0.29) is 11.5 Å². The third-order valence-corrected chi connectivity index (χ3v) is 3.63. The zero-order valence-corrected chi connectivity index (χ0v) is 14.9. The van der Waals surface area contributed by atoms with Gasteiger partial charge in [0.1, 0.15) is 11.9 Å². The van der Waals surface area contributed by atoms with Crippen molar-refractivity contribution in [2.45, 2.75) is 66.4 Å². The van der Waals surface area contributed by atoms with Gasteiger partial charge in [-0.15, -0.1) is 0 Å². The molecule has 120 valence electrons. The quantitative estimate of drug-likeness (QED) is 0.781. The predicted octanol–water partition coefficient (Wildman–Crippen LogP) is 4.78.